The smallest absolute Gasteiger partial charge is 0.308 e. The Kier molecular flexibility index (Phi) is 4.62. The first-order valence-corrected chi connectivity index (χ1v) is 6.55. The molecule has 1 aromatic rings. The van der Waals surface area contributed by atoms with Gasteiger partial charge in [0.25, 0.3) is 0 Å². The van der Waals surface area contributed by atoms with Crippen LogP contribution in [-0.2, 0) is 9.53 Å². The predicted molar refractivity (Wildman–Crippen MR) is 69.4 cm³/mol. The monoisotopic (exact) mass is 248 g/mol. The third kappa shape index (κ3) is 3.49. The van der Waals surface area contributed by atoms with Gasteiger partial charge in [0.05, 0.1) is 19.6 Å². The van der Waals surface area contributed by atoms with Gasteiger partial charge in [-0.1, -0.05) is 18.2 Å². The minimum Gasteiger partial charge on any atom is -0.493 e. The Morgan fingerprint density at radius 3 is 2.44 bits per heavy atom. The van der Waals surface area contributed by atoms with Gasteiger partial charge in [0.1, 0.15) is 5.75 Å². The molecule has 0 heterocycles. The van der Waals surface area contributed by atoms with Crippen molar-refractivity contribution in [2.24, 2.45) is 11.8 Å². The van der Waals surface area contributed by atoms with E-state index in [2.05, 4.69) is 0 Å². The van der Waals surface area contributed by atoms with Gasteiger partial charge in [0, 0.05) is 0 Å². The molecule has 0 radical (unpaired) electrons. The Balaban J connectivity index is 1.72. The second-order valence-electron chi connectivity index (χ2n) is 4.86. The van der Waals surface area contributed by atoms with Crippen LogP contribution in [0, 0.1) is 11.8 Å². The second kappa shape index (κ2) is 6.43. The third-order valence-corrected chi connectivity index (χ3v) is 3.61. The van der Waals surface area contributed by atoms with Gasteiger partial charge < -0.3 is 9.47 Å². The van der Waals surface area contributed by atoms with Crippen molar-refractivity contribution in [2.75, 3.05) is 13.7 Å². The number of para-hydroxylation sites is 1. The Bertz CT molecular complexity index is 367. The van der Waals surface area contributed by atoms with E-state index in [0.717, 1.165) is 38.0 Å². The number of ether oxygens (including phenoxy) is 2. The lowest BCUT2D eigenvalue weighted by Crippen LogP contribution is -2.25. The average molecular weight is 248 g/mol. The number of hydrogen-bond acceptors (Lipinski definition) is 3. The first-order valence-electron chi connectivity index (χ1n) is 6.55. The fourth-order valence-electron chi connectivity index (χ4n) is 2.46. The molecular formula is C15H20O3. The Morgan fingerprint density at radius 2 is 1.83 bits per heavy atom. The van der Waals surface area contributed by atoms with Crippen molar-refractivity contribution in [1.29, 1.82) is 0 Å². The van der Waals surface area contributed by atoms with Gasteiger partial charge in [-0.3, -0.25) is 4.79 Å². The van der Waals surface area contributed by atoms with Crippen molar-refractivity contribution in [3.05, 3.63) is 30.3 Å². The van der Waals surface area contributed by atoms with E-state index in [1.807, 2.05) is 30.3 Å². The van der Waals surface area contributed by atoms with Crippen LogP contribution in [0.25, 0.3) is 0 Å². The zero-order valence-electron chi connectivity index (χ0n) is 10.8. The van der Waals surface area contributed by atoms with Crippen molar-refractivity contribution in [3.8, 4) is 5.75 Å². The standard InChI is InChI=1S/C15H20O3/c1-17-15(16)13-9-7-12(8-10-13)11-18-14-5-3-2-4-6-14/h2-6,12-13H,7-11H2,1H3. The number of carbonyl (C=O) groups excluding carboxylic acids is 1. The molecule has 0 atom stereocenters. The van der Waals surface area contributed by atoms with E-state index in [1.165, 1.54) is 7.11 Å². The lowest BCUT2D eigenvalue weighted by molar-refractivity contribution is -0.146. The minimum absolute atomic E-state index is 0.0579. The van der Waals surface area contributed by atoms with Gasteiger partial charge in [0.15, 0.2) is 0 Å². The van der Waals surface area contributed by atoms with Crippen molar-refractivity contribution >= 4 is 5.97 Å². The molecule has 98 valence electrons. The van der Waals surface area contributed by atoms with E-state index in [4.69, 9.17) is 9.47 Å². The summed E-state index contributed by atoms with van der Waals surface area (Å²) in [5.74, 6) is 1.53. The van der Waals surface area contributed by atoms with E-state index in [0.29, 0.717) is 5.92 Å². The highest BCUT2D eigenvalue weighted by Crippen LogP contribution is 2.29. The van der Waals surface area contributed by atoms with Gasteiger partial charge in [-0.25, -0.2) is 0 Å². The number of methoxy groups -OCH3 is 1. The molecule has 1 fully saturated rings. The molecule has 1 aliphatic rings. The van der Waals surface area contributed by atoms with E-state index < -0.39 is 0 Å². The largest absolute Gasteiger partial charge is 0.493 e. The van der Waals surface area contributed by atoms with Crippen molar-refractivity contribution < 1.29 is 14.3 Å². The Hall–Kier alpha value is -1.51. The summed E-state index contributed by atoms with van der Waals surface area (Å²) in [6.07, 6.45) is 3.95. The van der Waals surface area contributed by atoms with Crippen LogP contribution in [0.3, 0.4) is 0 Å². The van der Waals surface area contributed by atoms with Gasteiger partial charge in [-0.15, -0.1) is 0 Å². The van der Waals surface area contributed by atoms with Gasteiger partial charge in [0.2, 0.25) is 0 Å². The SMILES string of the molecule is COC(=O)C1CCC(COc2ccccc2)CC1. The van der Waals surface area contributed by atoms with E-state index in [1.54, 1.807) is 0 Å². The molecule has 3 heteroatoms. The molecule has 1 aliphatic carbocycles. The fourth-order valence-corrected chi connectivity index (χ4v) is 2.46. The highest BCUT2D eigenvalue weighted by Gasteiger charge is 2.27. The fraction of sp³-hybridized carbons (Fsp3) is 0.533. The van der Waals surface area contributed by atoms with Crippen LogP contribution >= 0.6 is 0 Å². The maximum absolute atomic E-state index is 11.4. The van der Waals surface area contributed by atoms with Crippen LogP contribution in [0.1, 0.15) is 25.7 Å². The zero-order chi connectivity index (χ0) is 12.8. The number of rotatable bonds is 4. The average Bonchev–Trinajstić information content (AvgIpc) is 2.46. The van der Waals surface area contributed by atoms with Gasteiger partial charge >= 0.3 is 5.97 Å². The van der Waals surface area contributed by atoms with Crippen molar-refractivity contribution in [3.63, 3.8) is 0 Å². The molecule has 0 spiro atoms. The zero-order valence-corrected chi connectivity index (χ0v) is 10.8. The topological polar surface area (TPSA) is 35.5 Å². The first kappa shape index (κ1) is 12.9. The minimum atomic E-state index is -0.0579. The summed E-state index contributed by atoms with van der Waals surface area (Å²) in [5, 5.41) is 0. The molecule has 1 saturated carbocycles. The highest BCUT2D eigenvalue weighted by molar-refractivity contribution is 5.72. The number of esters is 1. The maximum Gasteiger partial charge on any atom is 0.308 e. The molecule has 0 N–H and O–H groups in total. The molecule has 0 saturated heterocycles. The lowest BCUT2D eigenvalue weighted by atomic mass is 9.82. The summed E-state index contributed by atoms with van der Waals surface area (Å²) in [6.45, 7) is 0.748. The van der Waals surface area contributed by atoms with Gasteiger partial charge in [-0.05, 0) is 43.7 Å². The molecule has 0 bridgehead atoms. The lowest BCUT2D eigenvalue weighted by Gasteiger charge is -2.26. The molecule has 18 heavy (non-hydrogen) atoms. The van der Waals surface area contributed by atoms with Crippen LogP contribution in [0.15, 0.2) is 30.3 Å². The molecule has 0 aromatic heterocycles. The summed E-state index contributed by atoms with van der Waals surface area (Å²) in [5.41, 5.74) is 0. The van der Waals surface area contributed by atoms with Crippen molar-refractivity contribution in [1.82, 2.24) is 0 Å². The highest BCUT2D eigenvalue weighted by atomic mass is 16.5. The summed E-state index contributed by atoms with van der Waals surface area (Å²) in [4.78, 5) is 11.4. The molecule has 3 nitrogen and oxygen atoms in total. The normalized spacial score (nSPS) is 23.4. The van der Waals surface area contributed by atoms with Crippen molar-refractivity contribution in [2.45, 2.75) is 25.7 Å². The molecular weight excluding hydrogens is 228 g/mol. The summed E-state index contributed by atoms with van der Waals surface area (Å²) >= 11 is 0. The summed E-state index contributed by atoms with van der Waals surface area (Å²) < 4.78 is 10.5. The van der Waals surface area contributed by atoms with Crippen LogP contribution < -0.4 is 4.74 Å². The quantitative estimate of drug-likeness (QED) is 0.768. The van der Waals surface area contributed by atoms with E-state index in [9.17, 15) is 4.79 Å². The van der Waals surface area contributed by atoms with E-state index >= 15 is 0 Å². The number of carbonyl (C=O) groups is 1. The van der Waals surface area contributed by atoms with Crippen LogP contribution in [0.2, 0.25) is 0 Å². The van der Waals surface area contributed by atoms with E-state index in [-0.39, 0.29) is 11.9 Å². The predicted octanol–water partition coefficient (Wildman–Crippen LogP) is 3.04. The second-order valence-corrected chi connectivity index (χ2v) is 4.86. The van der Waals surface area contributed by atoms with Gasteiger partial charge in [-0.2, -0.15) is 0 Å². The summed E-state index contributed by atoms with van der Waals surface area (Å²) in [6, 6.07) is 9.88. The Morgan fingerprint density at radius 1 is 1.17 bits per heavy atom. The molecule has 0 unspecified atom stereocenters. The number of benzene rings is 1. The Labute approximate surface area is 108 Å². The maximum atomic E-state index is 11.4. The summed E-state index contributed by atoms with van der Waals surface area (Å²) in [7, 11) is 1.47. The third-order valence-electron chi connectivity index (χ3n) is 3.61. The molecule has 0 aliphatic heterocycles. The van der Waals surface area contributed by atoms with Crippen LogP contribution in [0.4, 0.5) is 0 Å². The molecule has 2 rings (SSSR count). The molecule has 1 aromatic carbocycles. The number of hydrogen-bond donors (Lipinski definition) is 0. The van der Waals surface area contributed by atoms with Crippen LogP contribution in [0.5, 0.6) is 5.75 Å². The first-order chi connectivity index (χ1) is 8.79. The van der Waals surface area contributed by atoms with Crippen LogP contribution in [-0.4, -0.2) is 19.7 Å². The molecule has 0 amide bonds.